The smallest absolute Gasteiger partial charge is 0.303 e. The number of carboxylic acids is 1. The standard InChI is InChI=1S/C20H17FN2O4/c21-10-4-5-11-13(20(27)23-15(11)8-10)9-16-12(6-7-18(25)26)19-14(22-16)2-1-3-17(19)24/h4-5,8-9,22H,1-3,6-7H2,(H,23,27)(H,25,26)/b13-9-. The van der Waals surface area contributed by atoms with Gasteiger partial charge in [0.25, 0.3) is 5.91 Å². The lowest BCUT2D eigenvalue weighted by molar-refractivity contribution is -0.137. The van der Waals surface area contributed by atoms with E-state index in [0.717, 1.165) is 12.1 Å². The lowest BCUT2D eigenvalue weighted by atomic mass is 9.91. The number of hydrogen-bond donors (Lipinski definition) is 3. The molecule has 27 heavy (non-hydrogen) atoms. The molecule has 7 heteroatoms. The lowest BCUT2D eigenvalue weighted by Gasteiger charge is -2.11. The number of aromatic amines is 1. The van der Waals surface area contributed by atoms with Gasteiger partial charge < -0.3 is 15.4 Å². The number of aromatic nitrogens is 1. The Morgan fingerprint density at radius 2 is 2.07 bits per heavy atom. The summed E-state index contributed by atoms with van der Waals surface area (Å²) in [6.45, 7) is 0. The van der Waals surface area contributed by atoms with Crippen molar-refractivity contribution in [2.75, 3.05) is 5.32 Å². The van der Waals surface area contributed by atoms with Crippen molar-refractivity contribution in [3.8, 4) is 0 Å². The normalized spacial score (nSPS) is 17.0. The number of fused-ring (bicyclic) bond motifs is 2. The molecule has 0 saturated carbocycles. The SMILES string of the molecule is O=C(O)CCc1c(/C=C2\C(=O)Nc3cc(F)ccc32)[nH]c2c1C(=O)CCC2. The summed E-state index contributed by atoms with van der Waals surface area (Å²) in [6, 6.07) is 4.06. The molecule has 1 aromatic carbocycles. The molecule has 2 aliphatic rings. The molecule has 2 aromatic rings. The zero-order valence-electron chi connectivity index (χ0n) is 14.4. The summed E-state index contributed by atoms with van der Waals surface area (Å²) in [5, 5.41) is 11.7. The molecule has 1 aromatic heterocycles. The minimum Gasteiger partial charge on any atom is -0.481 e. The molecule has 1 aliphatic heterocycles. The van der Waals surface area contributed by atoms with E-state index in [4.69, 9.17) is 5.11 Å². The van der Waals surface area contributed by atoms with E-state index in [0.29, 0.717) is 46.5 Å². The second kappa shape index (κ2) is 6.50. The van der Waals surface area contributed by atoms with Crippen molar-refractivity contribution in [2.24, 2.45) is 0 Å². The number of amides is 1. The van der Waals surface area contributed by atoms with Gasteiger partial charge in [0.15, 0.2) is 5.78 Å². The van der Waals surface area contributed by atoms with Crippen molar-refractivity contribution in [1.29, 1.82) is 0 Å². The monoisotopic (exact) mass is 368 g/mol. The third-order valence-corrected chi connectivity index (χ3v) is 4.97. The van der Waals surface area contributed by atoms with Crippen LogP contribution in [-0.2, 0) is 22.4 Å². The number of carbonyl (C=O) groups is 3. The molecule has 0 fully saturated rings. The van der Waals surface area contributed by atoms with Gasteiger partial charge in [-0.25, -0.2) is 4.39 Å². The summed E-state index contributed by atoms with van der Waals surface area (Å²) < 4.78 is 13.4. The fraction of sp³-hybridized carbons (Fsp3) is 0.250. The van der Waals surface area contributed by atoms with Crippen molar-refractivity contribution in [3.63, 3.8) is 0 Å². The van der Waals surface area contributed by atoms with E-state index < -0.39 is 11.8 Å². The molecule has 0 spiro atoms. The highest BCUT2D eigenvalue weighted by Gasteiger charge is 2.28. The summed E-state index contributed by atoms with van der Waals surface area (Å²) in [5.41, 5.74) is 3.87. The highest BCUT2D eigenvalue weighted by Crippen LogP contribution is 2.36. The van der Waals surface area contributed by atoms with Gasteiger partial charge in [-0.2, -0.15) is 0 Å². The first-order valence-corrected chi connectivity index (χ1v) is 8.75. The minimum atomic E-state index is -0.953. The summed E-state index contributed by atoms with van der Waals surface area (Å²) in [5.74, 6) is -1.76. The number of aliphatic carboxylic acids is 1. The average Bonchev–Trinajstić information content (AvgIpc) is 3.11. The number of benzene rings is 1. The highest BCUT2D eigenvalue weighted by atomic mass is 19.1. The molecule has 0 saturated heterocycles. The first kappa shape index (κ1) is 17.2. The first-order valence-electron chi connectivity index (χ1n) is 8.75. The second-order valence-electron chi connectivity index (χ2n) is 6.74. The van der Waals surface area contributed by atoms with Gasteiger partial charge in [-0.15, -0.1) is 0 Å². The van der Waals surface area contributed by atoms with E-state index in [9.17, 15) is 18.8 Å². The molecule has 0 bridgehead atoms. The van der Waals surface area contributed by atoms with Crippen LogP contribution in [0.3, 0.4) is 0 Å². The quantitative estimate of drug-likeness (QED) is 0.722. The Bertz CT molecular complexity index is 1020. The maximum absolute atomic E-state index is 13.4. The van der Waals surface area contributed by atoms with Crippen LogP contribution in [0.1, 0.15) is 52.1 Å². The van der Waals surface area contributed by atoms with Crippen LogP contribution in [-0.4, -0.2) is 27.8 Å². The Balaban J connectivity index is 1.82. The maximum Gasteiger partial charge on any atom is 0.303 e. The van der Waals surface area contributed by atoms with Gasteiger partial charge in [0.05, 0.1) is 11.3 Å². The molecule has 1 amide bonds. The number of aryl methyl sites for hydroxylation is 1. The van der Waals surface area contributed by atoms with Gasteiger partial charge in [-0.3, -0.25) is 14.4 Å². The Kier molecular flexibility index (Phi) is 4.14. The van der Waals surface area contributed by atoms with Crippen LogP contribution in [0.2, 0.25) is 0 Å². The van der Waals surface area contributed by atoms with Crippen LogP contribution in [0.25, 0.3) is 11.6 Å². The van der Waals surface area contributed by atoms with Crippen molar-refractivity contribution < 1.29 is 23.9 Å². The van der Waals surface area contributed by atoms with Gasteiger partial charge in [-0.1, -0.05) is 0 Å². The number of carbonyl (C=O) groups excluding carboxylic acids is 2. The van der Waals surface area contributed by atoms with Crippen molar-refractivity contribution in [2.45, 2.75) is 32.1 Å². The number of carboxylic acid groups (broad SMARTS) is 1. The molecular formula is C20H17FN2O4. The number of hydrogen-bond acceptors (Lipinski definition) is 3. The molecule has 3 N–H and O–H groups in total. The number of halogens is 1. The van der Waals surface area contributed by atoms with Crippen LogP contribution >= 0.6 is 0 Å². The molecule has 138 valence electrons. The first-order chi connectivity index (χ1) is 12.9. The molecule has 6 nitrogen and oxygen atoms in total. The zero-order valence-corrected chi connectivity index (χ0v) is 14.4. The number of anilines is 1. The fourth-order valence-corrected chi connectivity index (χ4v) is 3.76. The van der Waals surface area contributed by atoms with Crippen LogP contribution in [0.4, 0.5) is 10.1 Å². The van der Waals surface area contributed by atoms with Crippen LogP contribution < -0.4 is 5.32 Å². The highest BCUT2D eigenvalue weighted by molar-refractivity contribution is 6.35. The van der Waals surface area contributed by atoms with E-state index in [-0.39, 0.29) is 24.5 Å². The third kappa shape index (κ3) is 3.05. The Morgan fingerprint density at radius 3 is 2.85 bits per heavy atom. The number of ketones is 1. The van der Waals surface area contributed by atoms with E-state index in [1.54, 1.807) is 6.08 Å². The van der Waals surface area contributed by atoms with Gasteiger partial charge in [0.2, 0.25) is 0 Å². The van der Waals surface area contributed by atoms with Gasteiger partial charge in [0.1, 0.15) is 5.82 Å². The van der Waals surface area contributed by atoms with Crippen LogP contribution in [0.5, 0.6) is 0 Å². The molecule has 2 heterocycles. The molecule has 1 aliphatic carbocycles. The average molecular weight is 368 g/mol. The number of rotatable bonds is 4. The number of nitrogens with one attached hydrogen (secondary N) is 2. The summed E-state index contributed by atoms with van der Waals surface area (Å²) in [6.07, 6.45) is 3.60. The van der Waals surface area contributed by atoms with E-state index in [1.807, 2.05) is 0 Å². The maximum atomic E-state index is 13.4. The Labute approximate surface area is 154 Å². The number of H-pyrrole nitrogens is 1. The third-order valence-electron chi connectivity index (χ3n) is 4.97. The largest absolute Gasteiger partial charge is 0.481 e. The lowest BCUT2D eigenvalue weighted by Crippen LogP contribution is -2.11. The van der Waals surface area contributed by atoms with Crippen molar-refractivity contribution in [3.05, 3.63) is 52.1 Å². The van der Waals surface area contributed by atoms with E-state index in [2.05, 4.69) is 10.3 Å². The van der Waals surface area contributed by atoms with E-state index in [1.165, 1.54) is 18.2 Å². The minimum absolute atomic E-state index is 0.00381. The van der Waals surface area contributed by atoms with Gasteiger partial charge in [0, 0.05) is 35.4 Å². The Morgan fingerprint density at radius 1 is 1.26 bits per heavy atom. The van der Waals surface area contributed by atoms with E-state index >= 15 is 0 Å². The molecule has 0 unspecified atom stereocenters. The van der Waals surface area contributed by atoms with Crippen LogP contribution in [0.15, 0.2) is 18.2 Å². The molecule has 0 atom stereocenters. The zero-order chi connectivity index (χ0) is 19.1. The van der Waals surface area contributed by atoms with Gasteiger partial charge >= 0.3 is 5.97 Å². The molecule has 4 rings (SSSR count). The fourth-order valence-electron chi connectivity index (χ4n) is 3.76. The molecular weight excluding hydrogens is 351 g/mol. The topological polar surface area (TPSA) is 99.3 Å². The predicted molar refractivity (Wildman–Crippen MR) is 96.9 cm³/mol. The Hall–Kier alpha value is -3.22. The predicted octanol–water partition coefficient (Wildman–Crippen LogP) is 3.18. The summed E-state index contributed by atoms with van der Waals surface area (Å²) in [4.78, 5) is 39.0. The second-order valence-corrected chi connectivity index (χ2v) is 6.74. The van der Waals surface area contributed by atoms with Crippen LogP contribution in [0, 0.1) is 5.82 Å². The van der Waals surface area contributed by atoms with Crippen molar-refractivity contribution >= 4 is 35.0 Å². The number of Topliss-reactive ketones (excluding diaryl/α,β-unsaturated/α-hetero) is 1. The molecule has 0 radical (unpaired) electrons. The van der Waals surface area contributed by atoms with Crippen molar-refractivity contribution in [1.82, 2.24) is 4.98 Å². The summed E-state index contributed by atoms with van der Waals surface area (Å²) in [7, 11) is 0. The van der Waals surface area contributed by atoms with Gasteiger partial charge in [-0.05, 0) is 49.1 Å². The summed E-state index contributed by atoms with van der Waals surface area (Å²) >= 11 is 0.